The van der Waals surface area contributed by atoms with Gasteiger partial charge in [-0.05, 0) is 5.92 Å². The average molecular weight is 176 g/mol. The van der Waals surface area contributed by atoms with Gasteiger partial charge in [0.2, 0.25) is 0 Å². The van der Waals surface area contributed by atoms with E-state index in [4.69, 9.17) is 0 Å². The number of hydrogen-bond donors (Lipinski definition) is 0. The Labute approximate surface area is 63.4 Å². The van der Waals surface area contributed by atoms with Crippen LogP contribution in [0.5, 0.6) is 0 Å². The molecule has 1 aliphatic rings. The third-order valence-electron chi connectivity index (χ3n) is 1.89. The van der Waals surface area contributed by atoms with Gasteiger partial charge in [-0.3, -0.25) is 0 Å². The molecule has 1 heteroatoms. The average Bonchev–Trinajstić information content (AvgIpc) is 1.69. The minimum absolute atomic E-state index is 0. The molecule has 0 heterocycles. The molecule has 0 amide bonds. The zero-order chi connectivity index (χ0) is 5.11. The molecule has 0 aliphatic heterocycles. The van der Waals surface area contributed by atoms with Crippen LogP contribution in [-0.2, 0) is 0 Å². The van der Waals surface area contributed by atoms with Gasteiger partial charge in [0.15, 0.2) is 0 Å². The Bertz CT molecular complexity index is 46.3. The van der Waals surface area contributed by atoms with Crippen LogP contribution in [0.1, 0.15) is 39.0 Å². The van der Waals surface area contributed by atoms with Gasteiger partial charge in [-0.1, -0.05) is 39.0 Å². The van der Waals surface area contributed by atoms with Gasteiger partial charge in [0.1, 0.15) is 0 Å². The number of hydrogen-bond acceptors (Lipinski definition) is 0. The third-order valence-corrected chi connectivity index (χ3v) is 1.89. The molecule has 1 aliphatic carbocycles. The fraction of sp³-hybridized carbons (Fsp3) is 1.00. The topological polar surface area (TPSA) is 0 Å². The molecule has 1 atom stereocenters. The molecule has 0 radical (unpaired) electrons. The van der Waals surface area contributed by atoms with E-state index in [-0.39, 0.29) is 18.0 Å². The second-order valence-corrected chi connectivity index (χ2v) is 2.74. The van der Waals surface area contributed by atoms with Crippen LogP contribution in [0.15, 0.2) is 0 Å². The van der Waals surface area contributed by atoms with Crippen LogP contribution in [-0.4, -0.2) is 18.0 Å². The first-order chi connectivity index (χ1) is 3.39. The summed E-state index contributed by atoms with van der Waals surface area (Å²) in [5.74, 6) is 1.04. The van der Waals surface area contributed by atoms with Crippen molar-refractivity contribution >= 4 is 18.0 Å². The fourth-order valence-electron chi connectivity index (χ4n) is 1.31. The first-order valence-corrected chi connectivity index (χ1v) is 3.39. The summed E-state index contributed by atoms with van der Waals surface area (Å²) in [7, 11) is 0. The Morgan fingerprint density at radius 1 is 1.00 bits per heavy atom. The molecule has 1 rings (SSSR count). The van der Waals surface area contributed by atoms with Crippen LogP contribution in [0.2, 0.25) is 0 Å². The Hall–Kier alpha value is 0.558. The summed E-state index contributed by atoms with van der Waals surface area (Å²) >= 11 is 0. The predicted molar refractivity (Wildman–Crippen MR) is 42.2 cm³/mol. The minimum atomic E-state index is 0. The van der Waals surface area contributed by atoms with Gasteiger partial charge in [0.05, 0.1) is 0 Å². The predicted octanol–water partition coefficient (Wildman–Crippen LogP) is 1.40. The second kappa shape index (κ2) is 4.44. The first kappa shape index (κ1) is 8.56. The molecule has 1 unspecified atom stereocenters. The van der Waals surface area contributed by atoms with Crippen LogP contribution in [0, 0.1) is 5.92 Å². The summed E-state index contributed by atoms with van der Waals surface area (Å²) in [4.78, 5) is 0. The van der Waals surface area contributed by atoms with Gasteiger partial charge in [0, 0.05) is 0 Å². The van der Waals surface area contributed by atoms with E-state index in [0.29, 0.717) is 0 Å². The first-order valence-electron chi connectivity index (χ1n) is 3.39. The van der Waals surface area contributed by atoms with E-state index in [9.17, 15) is 0 Å². The van der Waals surface area contributed by atoms with Gasteiger partial charge in [-0.25, -0.2) is 0 Å². The van der Waals surface area contributed by atoms with Crippen LogP contribution in [0.25, 0.3) is 0 Å². The summed E-state index contributed by atoms with van der Waals surface area (Å²) in [6.07, 6.45) is 7.44. The van der Waals surface area contributed by atoms with E-state index >= 15 is 0 Å². The standard InChI is InChI=1S/C7H14.AsH3/c1-7-5-3-2-4-6-7;/h7H,2-6H2,1H3;1H3. The van der Waals surface area contributed by atoms with Gasteiger partial charge >= 0.3 is 18.0 Å². The van der Waals surface area contributed by atoms with Crippen molar-refractivity contribution in [2.45, 2.75) is 39.0 Å². The summed E-state index contributed by atoms with van der Waals surface area (Å²) in [6.45, 7) is 2.36. The van der Waals surface area contributed by atoms with Crippen molar-refractivity contribution in [3.63, 3.8) is 0 Å². The Morgan fingerprint density at radius 2 is 1.50 bits per heavy atom. The maximum absolute atomic E-state index is 2.36. The zero-order valence-corrected chi connectivity index (χ0v) is 8.79. The molecule has 8 heavy (non-hydrogen) atoms. The van der Waals surface area contributed by atoms with Crippen molar-refractivity contribution < 1.29 is 0 Å². The van der Waals surface area contributed by atoms with Crippen LogP contribution >= 0.6 is 0 Å². The van der Waals surface area contributed by atoms with Gasteiger partial charge < -0.3 is 0 Å². The summed E-state index contributed by atoms with van der Waals surface area (Å²) in [5, 5.41) is 0. The van der Waals surface area contributed by atoms with Gasteiger partial charge in [-0.2, -0.15) is 0 Å². The second-order valence-electron chi connectivity index (χ2n) is 2.74. The normalized spacial score (nSPS) is 22.1. The number of rotatable bonds is 0. The molecule has 50 valence electrons. The molecule has 0 aromatic heterocycles. The molecule has 0 aromatic carbocycles. The van der Waals surface area contributed by atoms with E-state index < -0.39 is 0 Å². The quantitative estimate of drug-likeness (QED) is 0.489. The third kappa shape index (κ3) is 2.77. The summed E-state index contributed by atoms with van der Waals surface area (Å²) in [5.41, 5.74) is 0. The molecule has 0 N–H and O–H groups in total. The monoisotopic (exact) mass is 176 g/mol. The summed E-state index contributed by atoms with van der Waals surface area (Å²) < 4.78 is 0. The van der Waals surface area contributed by atoms with Crippen LogP contribution in [0.3, 0.4) is 0 Å². The molecule has 0 saturated heterocycles. The molecule has 1 saturated carbocycles. The SMILES string of the molecule is CC1CCCCC1.[AsH3]. The Kier molecular flexibility index (Phi) is 4.75. The van der Waals surface area contributed by atoms with Crippen molar-refractivity contribution in [1.29, 1.82) is 0 Å². The molecule has 0 aromatic rings. The summed E-state index contributed by atoms with van der Waals surface area (Å²) in [6, 6.07) is 0. The molecule has 0 bridgehead atoms. The van der Waals surface area contributed by atoms with Crippen molar-refractivity contribution in [3.8, 4) is 0 Å². The van der Waals surface area contributed by atoms with Crippen molar-refractivity contribution in [2.24, 2.45) is 5.92 Å². The maximum atomic E-state index is 2.36. The van der Waals surface area contributed by atoms with Gasteiger partial charge in [0.25, 0.3) is 0 Å². The van der Waals surface area contributed by atoms with E-state index in [2.05, 4.69) is 6.92 Å². The zero-order valence-electron chi connectivity index (χ0n) is 5.82. The molecular formula is C7H17As. The van der Waals surface area contributed by atoms with E-state index in [1.54, 1.807) is 0 Å². The van der Waals surface area contributed by atoms with Crippen molar-refractivity contribution in [2.75, 3.05) is 0 Å². The van der Waals surface area contributed by atoms with Crippen molar-refractivity contribution in [1.82, 2.24) is 0 Å². The van der Waals surface area contributed by atoms with Crippen LogP contribution < -0.4 is 0 Å². The van der Waals surface area contributed by atoms with E-state index in [1.165, 1.54) is 32.1 Å². The molecule has 0 spiro atoms. The molecule has 0 nitrogen and oxygen atoms in total. The Balaban J connectivity index is 0.000000490. The van der Waals surface area contributed by atoms with Crippen LogP contribution in [0.4, 0.5) is 0 Å². The van der Waals surface area contributed by atoms with Crippen molar-refractivity contribution in [3.05, 3.63) is 0 Å². The van der Waals surface area contributed by atoms with Gasteiger partial charge in [-0.15, -0.1) is 0 Å². The molecular weight excluding hydrogens is 159 g/mol. The Morgan fingerprint density at radius 3 is 1.75 bits per heavy atom. The van der Waals surface area contributed by atoms with E-state index in [1.807, 2.05) is 0 Å². The van der Waals surface area contributed by atoms with E-state index in [0.717, 1.165) is 5.92 Å². The fourth-order valence-corrected chi connectivity index (χ4v) is 1.31. The molecule has 1 fully saturated rings.